The van der Waals surface area contributed by atoms with Gasteiger partial charge < -0.3 is 5.73 Å². The van der Waals surface area contributed by atoms with E-state index >= 15 is 0 Å². The molecule has 1 atom stereocenters. The molecule has 0 spiro atoms. The van der Waals surface area contributed by atoms with Crippen molar-refractivity contribution in [2.45, 2.75) is 11.8 Å². The maximum absolute atomic E-state index is 12.6. The lowest BCUT2D eigenvalue weighted by molar-refractivity contribution is 0.626. The van der Waals surface area contributed by atoms with Gasteiger partial charge in [0, 0.05) is 16.4 Å². The molecule has 0 aliphatic carbocycles. The van der Waals surface area contributed by atoms with Gasteiger partial charge in [0.25, 0.3) is 0 Å². The van der Waals surface area contributed by atoms with E-state index in [0.29, 0.717) is 5.92 Å². The SMILES string of the molecule is CC(CN)CSCCSc1ccc(F)cc1. The largest absolute Gasteiger partial charge is 0.330 e. The zero-order chi connectivity index (χ0) is 11.8. The van der Waals surface area contributed by atoms with Gasteiger partial charge >= 0.3 is 0 Å². The van der Waals surface area contributed by atoms with E-state index in [-0.39, 0.29) is 5.82 Å². The van der Waals surface area contributed by atoms with Crippen LogP contribution >= 0.6 is 23.5 Å². The van der Waals surface area contributed by atoms with Gasteiger partial charge in [0.15, 0.2) is 0 Å². The molecule has 2 N–H and O–H groups in total. The zero-order valence-electron chi connectivity index (χ0n) is 9.49. The summed E-state index contributed by atoms with van der Waals surface area (Å²) in [6, 6.07) is 6.66. The van der Waals surface area contributed by atoms with Crippen LogP contribution in [0.4, 0.5) is 4.39 Å². The first kappa shape index (κ1) is 13.9. The molecule has 0 saturated carbocycles. The quantitative estimate of drug-likeness (QED) is 0.601. The molecule has 0 saturated heterocycles. The first-order valence-corrected chi connectivity index (χ1v) is 7.52. The average molecular weight is 259 g/mol. The van der Waals surface area contributed by atoms with Gasteiger partial charge in [0.2, 0.25) is 0 Å². The molecule has 0 aliphatic rings. The summed E-state index contributed by atoms with van der Waals surface area (Å²) in [5.74, 6) is 3.73. The highest BCUT2D eigenvalue weighted by molar-refractivity contribution is 8.02. The van der Waals surface area contributed by atoms with E-state index in [2.05, 4.69) is 6.92 Å². The Labute approximate surface area is 105 Å². The van der Waals surface area contributed by atoms with Crippen LogP contribution in [0.25, 0.3) is 0 Å². The Morgan fingerprint density at radius 3 is 2.56 bits per heavy atom. The maximum Gasteiger partial charge on any atom is 0.123 e. The summed E-state index contributed by atoms with van der Waals surface area (Å²) in [7, 11) is 0. The second-order valence-corrected chi connectivity index (χ2v) is 6.04. The highest BCUT2D eigenvalue weighted by atomic mass is 32.2. The Balaban J connectivity index is 2.09. The van der Waals surface area contributed by atoms with Gasteiger partial charge in [-0.2, -0.15) is 11.8 Å². The Morgan fingerprint density at radius 2 is 1.94 bits per heavy atom. The van der Waals surface area contributed by atoms with E-state index < -0.39 is 0 Å². The van der Waals surface area contributed by atoms with Crippen LogP contribution in [0, 0.1) is 11.7 Å². The van der Waals surface area contributed by atoms with Crippen molar-refractivity contribution < 1.29 is 4.39 Å². The van der Waals surface area contributed by atoms with Gasteiger partial charge in [-0.15, -0.1) is 11.8 Å². The fourth-order valence-electron chi connectivity index (χ4n) is 1.10. The molecule has 1 rings (SSSR count). The fraction of sp³-hybridized carbons (Fsp3) is 0.500. The number of hydrogen-bond acceptors (Lipinski definition) is 3. The molecule has 16 heavy (non-hydrogen) atoms. The van der Waals surface area contributed by atoms with Crippen LogP contribution in [0.5, 0.6) is 0 Å². The second-order valence-electron chi connectivity index (χ2n) is 3.72. The van der Waals surface area contributed by atoms with Crippen LogP contribution in [0.2, 0.25) is 0 Å². The molecular formula is C12H18FNS2. The minimum absolute atomic E-state index is 0.171. The summed E-state index contributed by atoms with van der Waals surface area (Å²) in [5.41, 5.74) is 5.54. The minimum Gasteiger partial charge on any atom is -0.330 e. The molecule has 0 fully saturated rings. The van der Waals surface area contributed by atoms with Crippen molar-refractivity contribution in [1.82, 2.24) is 0 Å². The maximum atomic E-state index is 12.6. The van der Waals surface area contributed by atoms with Gasteiger partial charge in [-0.05, 0) is 42.5 Å². The molecule has 4 heteroatoms. The monoisotopic (exact) mass is 259 g/mol. The van der Waals surface area contributed by atoms with Crippen LogP contribution in [0.3, 0.4) is 0 Å². The molecule has 0 aliphatic heterocycles. The Morgan fingerprint density at radius 1 is 1.25 bits per heavy atom. The average Bonchev–Trinajstić information content (AvgIpc) is 2.31. The van der Waals surface area contributed by atoms with Crippen LogP contribution in [0.1, 0.15) is 6.92 Å². The summed E-state index contributed by atoms with van der Waals surface area (Å²) >= 11 is 3.70. The van der Waals surface area contributed by atoms with Crippen LogP contribution in [0.15, 0.2) is 29.2 Å². The zero-order valence-corrected chi connectivity index (χ0v) is 11.1. The van der Waals surface area contributed by atoms with Crippen LogP contribution < -0.4 is 5.73 Å². The summed E-state index contributed by atoms with van der Waals surface area (Å²) in [5, 5.41) is 0. The summed E-state index contributed by atoms with van der Waals surface area (Å²) in [6.07, 6.45) is 0. The molecule has 1 unspecified atom stereocenters. The van der Waals surface area contributed by atoms with Gasteiger partial charge in [-0.1, -0.05) is 6.92 Å². The Hall–Kier alpha value is -0.190. The minimum atomic E-state index is -0.171. The predicted octanol–water partition coefficient (Wildman–Crippen LogP) is 3.25. The Bertz CT molecular complexity index is 290. The molecule has 0 bridgehead atoms. The van der Waals surface area contributed by atoms with E-state index in [1.54, 1.807) is 11.8 Å². The summed E-state index contributed by atoms with van der Waals surface area (Å²) < 4.78 is 12.6. The van der Waals surface area contributed by atoms with Gasteiger partial charge in [-0.25, -0.2) is 4.39 Å². The molecule has 1 aromatic carbocycles. The topological polar surface area (TPSA) is 26.0 Å². The molecule has 0 radical (unpaired) electrons. The van der Waals surface area contributed by atoms with E-state index in [4.69, 9.17) is 5.73 Å². The van der Waals surface area contributed by atoms with Crippen molar-refractivity contribution in [3.63, 3.8) is 0 Å². The summed E-state index contributed by atoms with van der Waals surface area (Å²) in [6.45, 7) is 2.93. The molecule has 0 heterocycles. The third-order valence-electron chi connectivity index (χ3n) is 2.11. The van der Waals surface area contributed by atoms with E-state index in [9.17, 15) is 4.39 Å². The molecule has 1 nitrogen and oxygen atoms in total. The Kier molecular flexibility index (Phi) is 6.92. The van der Waals surface area contributed by atoms with Crippen molar-refractivity contribution in [2.24, 2.45) is 11.7 Å². The second kappa shape index (κ2) is 7.98. The number of benzene rings is 1. The third-order valence-corrected chi connectivity index (χ3v) is 4.68. The number of thioether (sulfide) groups is 2. The van der Waals surface area contributed by atoms with Crippen LogP contribution in [-0.4, -0.2) is 23.8 Å². The summed E-state index contributed by atoms with van der Waals surface area (Å²) in [4.78, 5) is 1.13. The van der Waals surface area contributed by atoms with E-state index in [0.717, 1.165) is 28.7 Å². The lowest BCUT2D eigenvalue weighted by atomic mass is 10.2. The number of rotatable bonds is 7. The van der Waals surface area contributed by atoms with Crippen molar-refractivity contribution in [2.75, 3.05) is 23.8 Å². The fourth-order valence-corrected chi connectivity index (χ4v) is 3.18. The van der Waals surface area contributed by atoms with Crippen molar-refractivity contribution >= 4 is 23.5 Å². The standard InChI is InChI=1S/C12H18FNS2/c1-10(8-14)9-15-6-7-16-12-4-2-11(13)3-5-12/h2-5,10H,6-9,14H2,1H3. The first-order valence-electron chi connectivity index (χ1n) is 5.38. The lowest BCUT2D eigenvalue weighted by Crippen LogP contribution is -2.13. The smallest absolute Gasteiger partial charge is 0.123 e. The van der Waals surface area contributed by atoms with Gasteiger partial charge in [-0.3, -0.25) is 0 Å². The number of halogens is 1. The molecule has 0 aromatic heterocycles. The molecule has 0 amide bonds. The highest BCUT2D eigenvalue weighted by Crippen LogP contribution is 2.19. The van der Waals surface area contributed by atoms with Gasteiger partial charge in [0.05, 0.1) is 0 Å². The predicted molar refractivity (Wildman–Crippen MR) is 72.7 cm³/mol. The first-order chi connectivity index (χ1) is 7.72. The molecule has 1 aromatic rings. The van der Waals surface area contributed by atoms with Crippen molar-refractivity contribution in [1.29, 1.82) is 0 Å². The van der Waals surface area contributed by atoms with E-state index in [1.165, 1.54) is 12.1 Å². The van der Waals surface area contributed by atoms with Crippen LogP contribution in [-0.2, 0) is 0 Å². The number of nitrogens with two attached hydrogens (primary N) is 1. The highest BCUT2D eigenvalue weighted by Gasteiger charge is 1.99. The molecule has 90 valence electrons. The van der Waals surface area contributed by atoms with Crippen molar-refractivity contribution in [3.8, 4) is 0 Å². The lowest BCUT2D eigenvalue weighted by Gasteiger charge is -2.07. The number of hydrogen-bond donors (Lipinski definition) is 1. The normalized spacial score (nSPS) is 12.7. The van der Waals surface area contributed by atoms with E-state index in [1.807, 2.05) is 23.9 Å². The van der Waals surface area contributed by atoms with Crippen molar-refractivity contribution in [3.05, 3.63) is 30.1 Å². The third kappa shape index (κ3) is 5.77. The van der Waals surface area contributed by atoms with Gasteiger partial charge in [0.1, 0.15) is 5.82 Å². The molecular weight excluding hydrogens is 241 g/mol.